The Kier molecular flexibility index (Phi) is 6.16. The van der Waals surface area contributed by atoms with Gasteiger partial charge < -0.3 is 10.1 Å². The van der Waals surface area contributed by atoms with E-state index in [-0.39, 0.29) is 5.82 Å². The molecule has 0 aromatic heterocycles. The summed E-state index contributed by atoms with van der Waals surface area (Å²) in [4.78, 5) is 0. The summed E-state index contributed by atoms with van der Waals surface area (Å²) in [6.45, 7) is 5.88. The molecule has 1 rings (SSSR count). The fourth-order valence-corrected chi connectivity index (χ4v) is 1.76. The first-order valence-corrected chi connectivity index (χ1v) is 6.10. The second-order valence-electron chi connectivity index (χ2n) is 4.64. The average molecular weight is 239 g/mol. The van der Waals surface area contributed by atoms with Gasteiger partial charge in [-0.2, -0.15) is 0 Å². The highest BCUT2D eigenvalue weighted by molar-refractivity contribution is 5.16. The van der Waals surface area contributed by atoms with E-state index in [1.165, 1.54) is 6.07 Å². The lowest BCUT2D eigenvalue weighted by atomic mass is 10.0. The second-order valence-corrected chi connectivity index (χ2v) is 4.64. The summed E-state index contributed by atoms with van der Waals surface area (Å²) < 4.78 is 18.1. The van der Waals surface area contributed by atoms with Gasteiger partial charge in [-0.1, -0.05) is 26.0 Å². The number of nitrogens with one attached hydrogen (secondary N) is 1. The van der Waals surface area contributed by atoms with E-state index >= 15 is 0 Å². The van der Waals surface area contributed by atoms with E-state index in [0.717, 1.165) is 18.5 Å². The number of ether oxygens (including phenoxy) is 1. The van der Waals surface area contributed by atoms with E-state index in [2.05, 4.69) is 19.2 Å². The lowest BCUT2D eigenvalue weighted by Crippen LogP contribution is -2.38. The molecule has 0 aliphatic heterocycles. The highest BCUT2D eigenvalue weighted by Crippen LogP contribution is 2.05. The number of hydrogen-bond donors (Lipinski definition) is 1. The summed E-state index contributed by atoms with van der Waals surface area (Å²) >= 11 is 0. The molecule has 0 heterocycles. The molecule has 0 amide bonds. The van der Waals surface area contributed by atoms with E-state index in [4.69, 9.17) is 4.74 Å². The maximum Gasteiger partial charge on any atom is 0.123 e. The van der Waals surface area contributed by atoms with Gasteiger partial charge in [-0.25, -0.2) is 4.39 Å². The van der Waals surface area contributed by atoms with Crippen LogP contribution in [-0.2, 0) is 11.2 Å². The molecule has 0 radical (unpaired) electrons. The molecule has 0 saturated heterocycles. The van der Waals surface area contributed by atoms with Crippen molar-refractivity contribution in [3.63, 3.8) is 0 Å². The van der Waals surface area contributed by atoms with Gasteiger partial charge in [0.2, 0.25) is 0 Å². The summed E-state index contributed by atoms with van der Waals surface area (Å²) in [7, 11) is 1.71. The SMILES string of the molecule is COCC(NCCc1cccc(F)c1)C(C)C. The largest absolute Gasteiger partial charge is 0.383 e. The molecule has 3 heteroatoms. The van der Waals surface area contributed by atoms with Crippen molar-refractivity contribution in [1.82, 2.24) is 5.32 Å². The Balaban J connectivity index is 2.35. The van der Waals surface area contributed by atoms with Crippen LogP contribution in [0, 0.1) is 11.7 Å². The van der Waals surface area contributed by atoms with Crippen LogP contribution in [-0.4, -0.2) is 26.3 Å². The van der Waals surface area contributed by atoms with Crippen LogP contribution >= 0.6 is 0 Å². The number of hydrogen-bond acceptors (Lipinski definition) is 2. The minimum atomic E-state index is -0.167. The maximum absolute atomic E-state index is 13.0. The minimum absolute atomic E-state index is 0.167. The summed E-state index contributed by atoms with van der Waals surface area (Å²) in [6.07, 6.45) is 0.838. The van der Waals surface area contributed by atoms with Gasteiger partial charge in [0.1, 0.15) is 5.82 Å². The zero-order valence-electron chi connectivity index (χ0n) is 10.9. The molecule has 0 fully saturated rings. The molecule has 1 atom stereocenters. The van der Waals surface area contributed by atoms with E-state index in [9.17, 15) is 4.39 Å². The number of benzene rings is 1. The van der Waals surface area contributed by atoms with Crippen LogP contribution in [0.1, 0.15) is 19.4 Å². The lowest BCUT2D eigenvalue weighted by Gasteiger charge is -2.21. The summed E-state index contributed by atoms with van der Waals surface area (Å²) in [6, 6.07) is 7.11. The molecule has 2 nitrogen and oxygen atoms in total. The van der Waals surface area contributed by atoms with Crippen molar-refractivity contribution >= 4 is 0 Å². The molecule has 0 saturated carbocycles. The van der Waals surface area contributed by atoms with Crippen LogP contribution in [0.3, 0.4) is 0 Å². The van der Waals surface area contributed by atoms with E-state index in [1.54, 1.807) is 19.2 Å². The van der Waals surface area contributed by atoms with Crippen molar-refractivity contribution < 1.29 is 9.13 Å². The highest BCUT2D eigenvalue weighted by atomic mass is 19.1. The predicted octanol–water partition coefficient (Wildman–Crippen LogP) is 2.63. The fourth-order valence-electron chi connectivity index (χ4n) is 1.76. The molecule has 96 valence electrons. The minimum Gasteiger partial charge on any atom is -0.383 e. The van der Waals surface area contributed by atoms with Crippen molar-refractivity contribution in [3.8, 4) is 0 Å². The van der Waals surface area contributed by atoms with Crippen molar-refractivity contribution in [1.29, 1.82) is 0 Å². The highest BCUT2D eigenvalue weighted by Gasteiger charge is 2.11. The molecule has 0 aliphatic rings. The zero-order chi connectivity index (χ0) is 12.7. The Hall–Kier alpha value is -0.930. The summed E-state index contributed by atoms with van der Waals surface area (Å²) in [5.41, 5.74) is 1.03. The molecule has 0 bridgehead atoms. The topological polar surface area (TPSA) is 21.3 Å². The standard InChI is InChI=1S/C14H22FNO/c1-11(2)14(10-17-3)16-8-7-12-5-4-6-13(15)9-12/h4-6,9,11,14,16H,7-8,10H2,1-3H3. The third-order valence-electron chi connectivity index (χ3n) is 2.86. The van der Waals surface area contributed by atoms with Crippen LogP contribution in [0.4, 0.5) is 4.39 Å². The number of halogens is 1. The fraction of sp³-hybridized carbons (Fsp3) is 0.571. The first-order chi connectivity index (χ1) is 8.13. The van der Waals surface area contributed by atoms with Gasteiger partial charge in [0.05, 0.1) is 6.61 Å². The first-order valence-electron chi connectivity index (χ1n) is 6.10. The molecule has 1 aromatic carbocycles. The number of rotatable bonds is 7. The van der Waals surface area contributed by atoms with E-state index in [0.29, 0.717) is 18.6 Å². The summed E-state index contributed by atoms with van der Waals surface area (Å²) in [5, 5.41) is 3.44. The quantitative estimate of drug-likeness (QED) is 0.789. The lowest BCUT2D eigenvalue weighted by molar-refractivity contribution is 0.147. The molecule has 0 aliphatic carbocycles. The van der Waals surface area contributed by atoms with Crippen LogP contribution < -0.4 is 5.32 Å². The Morgan fingerprint density at radius 3 is 2.71 bits per heavy atom. The van der Waals surface area contributed by atoms with Gasteiger partial charge in [0.15, 0.2) is 0 Å². The molecule has 17 heavy (non-hydrogen) atoms. The Morgan fingerprint density at radius 2 is 2.12 bits per heavy atom. The Morgan fingerprint density at radius 1 is 1.35 bits per heavy atom. The van der Waals surface area contributed by atoms with Crippen LogP contribution in [0.5, 0.6) is 0 Å². The van der Waals surface area contributed by atoms with Gasteiger partial charge in [-0.05, 0) is 36.6 Å². The first kappa shape index (κ1) is 14.1. The smallest absolute Gasteiger partial charge is 0.123 e. The van der Waals surface area contributed by atoms with Crippen molar-refractivity contribution in [2.45, 2.75) is 26.3 Å². The van der Waals surface area contributed by atoms with Crippen LogP contribution in [0.25, 0.3) is 0 Å². The Bertz CT molecular complexity index is 328. The molecule has 1 unspecified atom stereocenters. The molecule has 0 spiro atoms. The third-order valence-corrected chi connectivity index (χ3v) is 2.86. The van der Waals surface area contributed by atoms with Crippen molar-refractivity contribution in [2.75, 3.05) is 20.3 Å². The number of methoxy groups -OCH3 is 1. The molecular weight excluding hydrogens is 217 g/mol. The molecule has 1 aromatic rings. The monoisotopic (exact) mass is 239 g/mol. The predicted molar refractivity (Wildman–Crippen MR) is 68.6 cm³/mol. The Labute approximate surface area is 103 Å². The summed E-state index contributed by atoms with van der Waals surface area (Å²) in [5.74, 6) is 0.363. The average Bonchev–Trinajstić information content (AvgIpc) is 2.28. The van der Waals surface area contributed by atoms with E-state index < -0.39 is 0 Å². The molecule has 1 N–H and O–H groups in total. The van der Waals surface area contributed by atoms with E-state index in [1.807, 2.05) is 6.07 Å². The van der Waals surface area contributed by atoms with Crippen molar-refractivity contribution in [2.24, 2.45) is 5.92 Å². The normalized spacial score (nSPS) is 13.0. The third kappa shape index (κ3) is 5.29. The van der Waals surface area contributed by atoms with Crippen molar-refractivity contribution in [3.05, 3.63) is 35.6 Å². The zero-order valence-corrected chi connectivity index (χ0v) is 10.9. The van der Waals surface area contributed by atoms with Gasteiger partial charge in [0.25, 0.3) is 0 Å². The van der Waals surface area contributed by atoms with Gasteiger partial charge in [0, 0.05) is 13.2 Å². The van der Waals surface area contributed by atoms with Crippen LogP contribution in [0.2, 0.25) is 0 Å². The van der Waals surface area contributed by atoms with Gasteiger partial charge in [-0.3, -0.25) is 0 Å². The van der Waals surface area contributed by atoms with Gasteiger partial charge >= 0.3 is 0 Å². The molecular formula is C14H22FNO. The van der Waals surface area contributed by atoms with Gasteiger partial charge in [-0.15, -0.1) is 0 Å². The van der Waals surface area contributed by atoms with Crippen LogP contribution in [0.15, 0.2) is 24.3 Å². The second kappa shape index (κ2) is 7.41. The maximum atomic E-state index is 13.0.